The molecule has 0 aromatic rings. The van der Waals surface area contributed by atoms with Crippen molar-refractivity contribution in [3.05, 3.63) is 0 Å². The Bertz CT molecular complexity index is 297. The van der Waals surface area contributed by atoms with Crippen LogP contribution in [-0.2, 0) is 4.74 Å². The van der Waals surface area contributed by atoms with Crippen molar-refractivity contribution in [3.63, 3.8) is 0 Å². The summed E-state index contributed by atoms with van der Waals surface area (Å²) < 4.78 is 40.7. The molecule has 0 aromatic carbocycles. The Balaban J connectivity index is 2.07. The average Bonchev–Trinajstić information content (AvgIpc) is 3.05. The summed E-state index contributed by atoms with van der Waals surface area (Å²) in [4.78, 5) is 0. The van der Waals surface area contributed by atoms with Crippen LogP contribution < -0.4 is 5.32 Å². The lowest BCUT2D eigenvalue weighted by Crippen LogP contribution is -2.43. The van der Waals surface area contributed by atoms with Gasteiger partial charge in [0.25, 0.3) is 0 Å². The molecule has 1 saturated carbocycles. The molecule has 0 heterocycles. The lowest BCUT2D eigenvalue weighted by atomic mass is 10.0. The van der Waals surface area contributed by atoms with Gasteiger partial charge in [0.15, 0.2) is 0 Å². The normalized spacial score (nSPS) is 19.3. The summed E-state index contributed by atoms with van der Waals surface area (Å²) in [6.07, 6.45) is -2.29. The molecule has 0 aromatic heterocycles. The molecular weight excluding hydrogens is 245 g/mol. The van der Waals surface area contributed by atoms with E-state index in [-0.39, 0.29) is 13.0 Å². The van der Waals surface area contributed by atoms with Crippen LogP contribution in [0.1, 0.15) is 39.0 Å². The van der Waals surface area contributed by atoms with Crippen molar-refractivity contribution in [1.82, 2.24) is 5.32 Å². The maximum atomic E-state index is 11.9. The molecule has 1 fully saturated rings. The maximum absolute atomic E-state index is 11.9. The molecule has 1 unspecified atom stereocenters. The predicted octanol–water partition coefficient (Wildman–Crippen LogP) is 2.77. The lowest BCUT2D eigenvalue weighted by molar-refractivity contribution is -0.137. The van der Waals surface area contributed by atoms with Gasteiger partial charge in [-0.05, 0) is 26.2 Å². The van der Waals surface area contributed by atoms with Crippen LogP contribution in [-0.4, -0.2) is 31.0 Å². The van der Waals surface area contributed by atoms with Gasteiger partial charge < -0.3 is 4.74 Å². The van der Waals surface area contributed by atoms with Crippen molar-refractivity contribution in [2.24, 2.45) is 0 Å². The van der Waals surface area contributed by atoms with E-state index in [4.69, 9.17) is 10.00 Å². The van der Waals surface area contributed by atoms with Gasteiger partial charge in [0.1, 0.15) is 5.54 Å². The largest absolute Gasteiger partial charge is 0.389 e. The first-order valence-electron chi connectivity index (χ1n) is 6.18. The zero-order chi connectivity index (χ0) is 13.6. The predicted molar refractivity (Wildman–Crippen MR) is 60.9 cm³/mol. The summed E-state index contributed by atoms with van der Waals surface area (Å²) in [6, 6.07) is 2.61. The van der Waals surface area contributed by atoms with Crippen LogP contribution in [0.4, 0.5) is 13.2 Å². The fourth-order valence-corrected chi connectivity index (χ4v) is 1.59. The Morgan fingerprint density at radius 1 is 1.28 bits per heavy atom. The number of halogens is 3. The van der Waals surface area contributed by atoms with Crippen molar-refractivity contribution in [2.75, 3.05) is 13.2 Å². The van der Waals surface area contributed by atoms with Crippen molar-refractivity contribution >= 4 is 0 Å². The molecule has 0 amide bonds. The van der Waals surface area contributed by atoms with Crippen LogP contribution in [0.2, 0.25) is 0 Å². The summed E-state index contributed by atoms with van der Waals surface area (Å²) in [6.45, 7) is 2.19. The third-order valence-corrected chi connectivity index (χ3v) is 2.84. The molecule has 0 radical (unpaired) electrons. The minimum Gasteiger partial charge on any atom is -0.381 e. The molecule has 6 heteroatoms. The van der Waals surface area contributed by atoms with E-state index in [1.54, 1.807) is 6.92 Å². The van der Waals surface area contributed by atoms with E-state index in [2.05, 4.69) is 11.4 Å². The summed E-state index contributed by atoms with van der Waals surface area (Å²) in [5.74, 6) is 0. The zero-order valence-corrected chi connectivity index (χ0v) is 10.5. The van der Waals surface area contributed by atoms with Crippen LogP contribution in [0.25, 0.3) is 0 Å². The highest BCUT2D eigenvalue weighted by Gasteiger charge is 2.32. The Morgan fingerprint density at radius 2 is 1.94 bits per heavy atom. The molecule has 1 aliphatic rings. The summed E-state index contributed by atoms with van der Waals surface area (Å²) in [7, 11) is 0. The van der Waals surface area contributed by atoms with Crippen LogP contribution in [0.5, 0.6) is 0 Å². The molecule has 0 spiro atoms. The standard InChI is InChI=1S/C12H19F3N2O/c1-11(9-16,17-10-3-4-10)6-8-18-7-2-5-12(13,14)15/h10,17H,2-8H2,1H3. The molecule has 1 rings (SSSR count). The third-order valence-electron chi connectivity index (χ3n) is 2.84. The minimum atomic E-state index is -4.11. The molecule has 3 nitrogen and oxygen atoms in total. The second-order valence-electron chi connectivity index (χ2n) is 4.94. The fraction of sp³-hybridized carbons (Fsp3) is 0.917. The second kappa shape index (κ2) is 6.39. The van der Waals surface area contributed by atoms with Crippen molar-refractivity contribution in [2.45, 2.75) is 56.8 Å². The quantitative estimate of drug-likeness (QED) is 0.686. The number of nitrogens with one attached hydrogen (secondary N) is 1. The Morgan fingerprint density at radius 3 is 2.44 bits per heavy atom. The van der Waals surface area contributed by atoms with Gasteiger partial charge in [-0.2, -0.15) is 18.4 Å². The summed E-state index contributed by atoms with van der Waals surface area (Å²) in [5, 5.41) is 12.3. The molecule has 1 aliphatic carbocycles. The van der Waals surface area contributed by atoms with E-state index >= 15 is 0 Å². The third kappa shape index (κ3) is 6.82. The second-order valence-corrected chi connectivity index (χ2v) is 4.94. The Labute approximate surface area is 105 Å². The topological polar surface area (TPSA) is 45.0 Å². The minimum absolute atomic E-state index is 0.0250. The molecule has 104 valence electrons. The first-order valence-corrected chi connectivity index (χ1v) is 6.18. The number of ether oxygens (including phenoxy) is 1. The molecule has 1 N–H and O–H groups in total. The van der Waals surface area contributed by atoms with Gasteiger partial charge in [-0.15, -0.1) is 0 Å². The number of nitrogens with zero attached hydrogens (tertiary/aromatic N) is 1. The summed E-state index contributed by atoms with van der Waals surface area (Å²) >= 11 is 0. The van der Waals surface area contributed by atoms with Crippen molar-refractivity contribution in [3.8, 4) is 6.07 Å². The van der Waals surface area contributed by atoms with E-state index < -0.39 is 18.1 Å². The molecule has 18 heavy (non-hydrogen) atoms. The monoisotopic (exact) mass is 264 g/mol. The SMILES string of the molecule is CC(C#N)(CCOCCCC(F)(F)F)NC1CC1. The highest BCUT2D eigenvalue weighted by Crippen LogP contribution is 2.24. The fourth-order valence-electron chi connectivity index (χ4n) is 1.59. The first-order chi connectivity index (χ1) is 8.35. The molecule has 0 aliphatic heterocycles. The van der Waals surface area contributed by atoms with E-state index in [9.17, 15) is 13.2 Å². The van der Waals surface area contributed by atoms with Gasteiger partial charge in [-0.25, -0.2) is 0 Å². The van der Waals surface area contributed by atoms with Gasteiger partial charge in [0, 0.05) is 32.1 Å². The van der Waals surface area contributed by atoms with E-state index in [0.717, 1.165) is 12.8 Å². The van der Waals surface area contributed by atoms with Crippen molar-refractivity contribution < 1.29 is 17.9 Å². The number of hydrogen-bond acceptors (Lipinski definition) is 3. The van der Waals surface area contributed by atoms with Crippen LogP contribution in [0.3, 0.4) is 0 Å². The van der Waals surface area contributed by atoms with Crippen molar-refractivity contribution in [1.29, 1.82) is 5.26 Å². The molecular formula is C12H19F3N2O. The van der Waals surface area contributed by atoms with Crippen LogP contribution in [0, 0.1) is 11.3 Å². The van der Waals surface area contributed by atoms with Gasteiger partial charge in [-0.1, -0.05) is 0 Å². The summed E-state index contributed by atoms with van der Waals surface area (Å²) in [5.41, 5.74) is -0.634. The van der Waals surface area contributed by atoms with E-state index in [1.807, 2.05) is 0 Å². The number of rotatable bonds is 8. The van der Waals surface area contributed by atoms with Gasteiger partial charge in [0.05, 0.1) is 6.07 Å². The lowest BCUT2D eigenvalue weighted by Gasteiger charge is -2.23. The van der Waals surface area contributed by atoms with Crippen LogP contribution >= 0.6 is 0 Å². The van der Waals surface area contributed by atoms with Crippen LogP contribution in [0.15, 0.2) is 0 Å². The van der Waals surface area contributed by atoms with Gasteiger partial charge >= 0.3 is 6.18 Å². The maximum Gasteiger partial charge on any atom is 0.389 e. The zero-order valence-electron chi connectivity index (χ0n) is 10.5. The first kappa shape index (κ1) is 15.3. The smallest absolute Gasteiger partial charge is 0.381 e. The highest BCUT2D eigenvalue weighted by molar-refractivity contribution is 5.06. The highest BCUT2D eigenvalue weighted by atomic mass is 19.4. The Hall–Kier alpha value is -0.800. The van der Waals surface area contributed by atoms with E-state index in [0.29, 0.717) is 19.1 Å². The molecule has 0 saturated heterocycles. The average molecular weight is 264 g/mol. The van der Waals surface area contributed by atoms with E-state index in [1.165, 1.54) is 0 Å². The Kier molecular flexibility index (Phi) is 5.42. The van der Waals surface area contributed by atoms with Gasteiger partial charge in [0.2, 0.25) is 0 Å². The number of hydrogen-bond donors (Lipinski definition) is 1. The molecule has 1 atom stereocenters. The van der Waals surface area contributed by atoms with Gasteiger partial charge in [-0.3, -0.25) is 5.32 Å². The molecule has 0 bridgehead atoms. The number of nitriles is 1. The number of alkyl halides is 3.